The van der Waals surface area contributed by atoms with Gasteiger partial charge in [-0.15, -0.1) is 0 Å². The van der Waals surface area contributed by atoms with Crippen LogP contribution in [0.3, 0.4) is 0 Å². The van der Waals surface area contributed by atoms with Crippen molar-refractivity contribution < 1.29 is 19.1 Å². The standard InChI is InChI=1S/C32H31ClN2O4/c1-38-27-18-16-25(17-19-27)21-34-32(37)29(20-24-10-4-2-5-11-24)35(22-26-12-6-3-7-13-26)31(36)23-39-30-15-9-8-14-28(30)33/h2-19,29H,20-23H2,1H3,(H,34,37)/t29-/m1/s1. The molecule has 2 amide bonds. The minimum absolute atomic E-state index is 0.249. The second-order valence-corrected chi connectivity index (χ2v) is 9.40. The highest BCUT2D eigenvalue weighted by Crippen LogP contribution is 2.23. The van der Waals surface area contributed by atoms with Gasteiger partial charge in [-0.3, -0.25) is 9.59 Å². The molecule has 0 unspecified atom stereocenters. The van der Waals surface area contributed by atoms with E-state index in [2.05, 4.69) is 5.32 Å². The first-order valence-electron chi connectivity index (χ1n) is 12.7. The first kappa shape index (κ1) is 27.7. The lowest BCUT2D eigenvalue weighted by molar-refractivity contribution is -0.142. The molecule has 7 heteroatoms. The van der Waals surface area contributed by atoms with Gasteiger partial charge in [0.15, 0.2) is 6.61 Å². The first-order chi connectivity index (χ1) is 19.0. The van der Waals surface area contributed by atoms with Gasteiger partial charge in [0.25, 0.3) is 5.91 Å². The predicted octanol–water partition coefficient (Wildman–Crippen LogP) is 5.68. The Morgan fingerprint density at radius 3 is 2.05 bits per heavy atom. The summed E-state index contributed by atoms with van der Waals surface area (Å²) in [7, 11) is 1.61. The smallest absolute Gasteiger partial charge is 0.261 e. The van der Waals surface area contributed by atoms with E-state index in [-0.39, 0.29) is 25.0 Å². The highest BCUT2D eigenvalue weighted by Gasteiger charge is 2.30. The first-order valence-corrected chi connectivity index (χ1v) is 13.1. The van der Waals surface area contributed by atoms with E-state index in [4.69, 9.17) is 21.1 Å². The second kappa shape index (κ2) is 14.0. The van der Waals surface area contributed by atoms with E-state index < -0.39 is 6.04 Å². The summed E-state index contributed by atoms with van der Waals surface area (Å²) in [4.78, 5) is 29.0. The number of carbonyl (C=O) groups excluding carboxylic acids is 2. The van der Waals surface area contributed by atoms with Crippen molar-refractivity contribution in [1.29, 1.82) is 0 Å². The molecular formula is C32H31ClN2O4. The molecule has 0 bridgehead atoms. The molecule has 0 heterocycles. The third-order valence-corrected chi connectivity index (χ3v) is 6.59. The number of methoxy groups -OCH3 is 1. The van der Waals surface area contributed by atoms with Gasteiger partial charge in [0, 0.05) is 19.5 Å². The molecule has 4 aromatic rings. The highest BCUT2D eigenvalue weighted by molar-refractivity contribution is 6.32. The van der Waals surface area contributed by atoms with E-state index in [0.717, 1.165) is 22.4 Å². The van der Waals surface area contributed by atoms with Crippen LogP contribution >= 0.6 is 11.6 Å². The highest BCUT2D eigenvalue weighted by atomic mass is 35.5. The quantitative estimate of drug-likeness (QED) is 0.250. The number of rotatable bonds is 12. The van der Waals surface area contributed by atoms with Gasteiger partial charge in [-0.25, -0.2) is 0 Å². The summed E-state index contributed by atoms with van der Waals surface area (Å²) in [6.07, 6.45) is 0.347. The lowest BCUT2D eigenvalue weighted by Gasteiger charge is -2.31. The fourth-order valence-electron chi connectivity index (χ4n) is 4.17. The number of hydrogen-bond donors (Lipinski definition) is 1. The number of amides is 2. The average molecular weight is 543 g/mol. The Bertz CT molecular complexity index is 1350. The van der Waals surface area contributed by atoms with Gasteiger partial charge in [-0.05, 0) is 41.0 Å². The van der Waals surface area contributed by atoms with E-state index >= 15 is 0 Å². The molecule has 0 spiro atoms. The van der Waals surface area contributed by atoms with Gasteiger partial charge < -0.3 is 19.7 Å². The van der Waals surface area contributed by atoms with Gasteiger partial charge in [0.1, 0.15) is 17.5 Å². The lowest BCUT2D eigenvalue weighted by Crippen LogP contribution is -2.51. The fraction of sp³-hybridized carbons (Fsp3) is 0.188. The topological polar surface area (TPSA) is 67.9 Å². The fourth-order valence-corrected chi connectivity index (χ4v) is 4.36. The van der Waals surface area contributed by atoms with Crippen molar-refractivity contribution >= 4 is 23.4 Å². The van der Waals surface area contributed by atoms with Crippen molar-refractivity contribution in [3.8, 4) is 11.5 Å². The molecule has 1 atom stereocenters. The number of ether oxygens (including phenoxy) is 2. The van der Waals surface area contributed by atoms with Crippen molar-refractivity contribution in [3.05, 3.63) is 131 Å². The van der Waals surface area contributed by atoms with E-state index in [1.807, 2.05) is 84.9 Å². The van der Waals surface area contributed by atoms with Gasteiger partial charge in [0.05, 0.1) is 12.1 Å². The molecule has 6 nitrogen and oxygen atoms in total. The number of para-hydroxylation sites is 1. The maximum atomic E-state index is 13.7. The lowest BCUT2D eigenvalue weighted by atomic mass is 10.0. The van der Waals surface area contributed by atoms with Crippen molar-refractivity contribution in [1.82, 2.24) is 10.2 Å². The van der Waals surface area contributed by atoms with E-state index in [9.17, 15) is 9.59 Å². The zero-order valence-corrected chi connectivity index (χ0v) is 22.5. The Kier molecular flexibility index (Phi) is 9.98. The van der Waals surface area contributed by atoms with Gasteiger partial charge in [0.2, 0.25) is 5.91 Å². The molecule has 200 valence electrons. The summed E-state index contributed by atoms with van der Waals surface area (Å²) >= 11 is 6.23. The maximum absolute atomic E-state index is 13.7. The van der Waals surface area contributed by atoms with Crippen LogP contribution in [0.1, 0.15) is 16.7 Å². The summed E-state index contributed by atoms with van der Waals surface area (Å²) < 4.78 is 11.0. The molecule has 0 aliphatic carbocycles. The van der Waals surface area contributed by atoms with Crippen LogP contribution in [0.2, 0.25) is 5.02 Å². The largest absolute Gasteiger partial charge is 0.497 e. The summed E-state index contributed by atoms with van der Waals surface area (Å²) in [6, 6.07) is 33.0. The number of nitrogens with zero attached hydrogens (tertiary/aromatic N) is 1. The zero-order valence-electron chi connectivity index (χ0n) is 21.8. The Labute approximate surface area is 234 Å². The summed E-state index contributed by atoms with van der Waals surface area (Å²) in [6.45, 7) is 0.310. The molecule has 0 saturated heterocycles. The van der Waals surface area contributed by atoms with E-state index in [0.29, 0.717) is 23.7 Å². The number of halogens is 1. The summed E-state index contributed by atoms with van der Waals surface area (Å²) in [5.74, 6) is 0.580. The molecule has 0 saturated carbocycles. The molecule has 0 aliphatic rings. The Hall–Kier alpha value is -4.29. The Morgan fingerprint density at radius 1 is 0.795 bits per heavy atom. The molecule has 0 radical (unpaired) electrons. The van der Waals surface area contributed by atoms with Crippen molar-refractivity contribution in [3.63, 3.8) is 0 Å². The van der Waals surface area contributed by atoms with Crippen LogP contribution in [-0.4, -0.2) is 36.5 Å². The van der Waals surface area contributed by atoms with Crippen LogP contribution in [-0.2, 0) is 29.1 Å². The van der Waals surface area contributed by atoms with Crippen LogP contribution in [0.15, 0.2) is 109 Å². The van der Waals surface area contributed by atoms with Crippen LogP contribution in [0.25, 0.3) is 0 Å². The third-order valence-electron chi connectivity index (χ3n) is 6.28. The number of benzene rings is 4. The number of carbonyl (C=O) groups is 2. The van der Waals surface area contributed by atoms with Crippen LogP contribution in [0.4, 0.5) is 0 Å². The third kappa shape index (κ3) is 8.09. The molecular weight excluding hydrogens is 512 g/mol. The Morgan fingerprint density at radius 2 is 1.41 bits per heavy atom. The van der Waals surface area contributed by atoms with Crippen molar-refractivity contribution in [2.24, 2.45) is 0 Å². The summed E-state index contributed by atoms with van der Waals surface area (Å²) in [5.41, 5.74) is 2.77. The molecule has 4 aromatic carbocycles. The van der Waals surface area contributed by atoms with E-state index in [1.54, 1.807) is 36.3 Å². The van der Waals surface area contributed by atoms with Gasteiger partial charge >= 0.3 is 0 Å². The second-order valence-electron chi connectivity index (χ2n) is 9.00. The average Bonchev–Trinajstić information content (AvgIpc) is 2.98. The SMILES string of the molecule is COc1ccc(CNC(=O)[C@@H](Cc2ccccc2)N(Cc2ccccc2)C(=O)COc2ccccc2Cl)cc1. The maximum Gasteiger partial charge on any atom is 0.261 e. The predicted molar refractivity (Wildman–Crippen MR) is 153 cm³/mol. The molecule has 1 N–H and O–H groups in total. The van der Waals surface area contributed by atoms with Crippen LogP contribution < -0.4 is 14.8 Å². The van der Waals surface area contributed by atoms with Crippen LogP contribution in [0, 0.1) is 0 Å². The minimum Gasteiger partial charge on any atom is -0.497 e. The van der Waals surface area contributed by atoms with Crippen molar-refractivity contribution in [2.75, 3.05) is 13.7 Å². The molecule has 0 fully saturated rings. The molecule has 0 aromatic heterocycles. The van der Waals surface area contributed by atoms with E-state index in [1.165, 1.54) is 0 Å². The number of nitrogens with one attached hydrogen (secondary N) is 1. The molecule has 0 aliphatic heterocycles. The zero-order chi connectivity index (χ0) is 27.5. The minimum atomic E-state index is -0.770. The van der Waals surface area contributed by atoms with Crippen LogP contribution in [0.5, 0.6) is 11.5 Å². The normalized spacial score (nSPS) is 11.3. The summed E-state index contributed by atoms with van der Waals surface area (Å²) in [5, 5.41) is 3.44. The molecule has 4 rings (SSSR count). The monoisotopic (exact) mass is 542 g/mol. The molecule has 39 heavy (non-hydrogen) atoms. The van der Waals surface area contributed by atoms with Crippen molar-refractivity contribution in [2.45, 2.75) is 25.6 Å². The number of hydrogen-bond acceptors (Lipinski definition) is 4. The van der Waals surface area contributed by atoms with Gasteiger partial charge in [-0.1, -0.05) is 96.5 Å². The van der Waals surface area contributed by atoms with Gasteiger partial charge in [-0.2, -0.15) is 0 Å². The Balaban J connectivity index is 1.59.